The molecule has 3 radical (unpaired) electrons. The van der Waals surface area contributed by atoms with Gasteiger partial charge >= 0.3 is 184 Å². The molecule has 653 valence electrons. The molecule has 6 heterocycles. The molecule has 25 nitrogen and oxygen atoms in total. The molecule has 5 amide bonds. The van der Waals surface area contributed by atoms with Gasteiger partial charge in [-0.1, -0.05) is 111 Å². The van der Waals surface area contributed by atoms with Gasteiger partial charge in [-0.15, -0.1) is 68.0 Å². The number of carbonyl (C=O) groups excluding carboxylic acids is 10. The molecule has 0 aliphatic carbocycles. The van der Waals surface area contributed by atoms with E-state index in [-0.39, 0.29) is 179 Å². The van der Waals surface area contributed by atoms with Crippen molar-refractivity contribution < 1.29 is 231 Å². The monoisotopic (exact) mass is 2210 g/mol. The number of rotatable bonds is 13. The first-order valence-electron chi connectivity index (χ1n) is 32.7. The van der Waals surface area contributed by atoms with Gasteiger partial charge in [-0.3, -0.25) is 43.7 Å². The number of halogens is 13. The average molecular weight is 2220 g/mol. The minimum atomic E-state index is -2.34. The molecule has 0 bridgehead atoms. The number of likely N-dealkylation sites (N-methyl/N-ethyl adjacent to an activating group) is 2. The van der Waals surface area contributed by atoms with Gasteiger partial charge in [-0.05, 0) is 189 Å². The number of thiophene rings is 6. The molecule has 0 saturated heterocycles. The fourth-order valence-electron chi connectivity index (χ4n) is 8.76. The second kappa shape index (κ2) is 67.6. The number of hydrogen-bond acceptors (Lipinski definition) is 26. The molecule has 6 aromatic carbocycles. The van der Waals surface area contributed by atoms with E-state index in [1.807, 2.05) is 53.9 Å². The van der Waals surface area contributed by atoms with Crippen LogP contribution in [0, 0.1) is 0 Å². The van der Waals surface area contributed by atoms with E-state index >= 15 is 0 Å². The number of carboxylic acids is 1. The molecular formula is C74H70AlBCl13K2N5NaO20S6Se. The molecule has 6 aromatic heterocycles. The van der Waals surface area contributed by atoms with Crippen LogP contribution in [0.2, 0.25) is 30.1 Å². The third kappa shape index (κ3) is 48.4. The first-order chi connectivity index (χ1) is 56.2. The first-order valence-corrected chi connectivity index (χ1v) is 48.4. The van der Waals surface area contributed by atoms with E-state index in [1.54, 1.807) is 139 Å². The van der Waals surface area contributed by atoms with Crippen LogP contribution < -0.4 is 165 Å². The number of Topliss-reactive ketones (excluding diaryl/α,β-unsaturated/α-hetero) is 3. The number of hydrogen-bond donors (Lipinski definition) is 8. The normalized spacial score (nSPS) is 10.5. The summed E-state index contributed by atoms with van der Waals surface area (Å²) in [7, 11) is 19.2. The largest absolute Gasteiger partial charge is 1.00 e. The van der Waals surface area contributed by atoms with Gasteiger partial charge < -0.3 is 59.9 Å². The molecule has 0 fully saturated rings. The number of alkyl carbamates (subject to hydrolysis) is 1. The van der Waals surface area contributed by atoms with Crippen molar-refractivity contribution in [2.45, 2.75) is 75.7 Å². The van der Waals surface area contributed by atoms with Crippen LogP contribution in [-0.4, -0.2) is 145 Å². The Morgan fingerprint density at radius 1 is 0.573 bits per heavy atom. The topological polar surface area (TPSA) is 421 Å². The van der Waals surface area contributed by atoms with Crippen LogP contribution in [0.15, 0.2) is 148 Å². The van der Waals surface area contributed by atoms with Crippen molar-refractivity contribution in [2.24, 2.45) is 11.5 Å². The van der Waals surface area contributed by atoms with Crippen LogP contribution in [-0.2, 0) is 55.6 Å². The van der Waals surface area contributed by atoms with E-state index in [9.17, 15) is 53.1 Å². The number of fused-ring (bicyclic) bond motifs is 6. The summed E-state index contributed by atoms with van der Waals surface area (Å²) in [5.41, 5.74) is 11.6. The maximum Gasteiger partial charge on any atom is 1.00 e. The van der Waals surface area contributed by atoms with Crippen LogP contribution in [0.25, 0.3) is 60.5 Å². The van der Waals surface area contributed by atoms with Gasteiger partial charge in [0.05, 0.1) is 5.60 Å². The van der Waals surface area contributed by atoms with Crippen molar-refractivity contribution in [1.82, 2.24) is 16.0 Å². The van der Waals surface area contributed by atoms with Gasteiger partial charge in [0.25, 0.3) is 33.8 Å². The number of carbonyl (C=O) groups is 11. The van der Waals surface area contributed by atoms with Gasteiger partial charge in [0.1, 0.15) is 0 Å². The minimum absolute atomic E-state index is 0. The molecule has 50 heteroatoms. The van der Waals surface area contributed by atoms with E-state index in [1.165, 1.54) is 88.9 Å². The fraction of sp³-hybridized carbons (Fsp3) is 0.203. The molecule has 10 N–H and O–H groups in total. The molecule has 124 heavy (non-hydrogen) atoms. The third-order valence-corrected chi connectivity index (χ3v) is 21.1. The fourth-order valence-corrected chi connectivity index (χ4v) is 15.5. The van der Waals surface area contributed by atoms with Crippen LogP contribution >= 0.6 is 214 Å². The van der Waals surface area contributed by atoms with Gasteiger partial charge in [-0.25, -0.2) is 44.5 Å². The zero-order chi connectivity index (χ0) is 91.6. The Bertz CT molecular complexity index is 5520. The van der Waals surface area contributed by atoms with Crippen molar-refractivity contribution >= 4 is 374 Å². The number of benzene rings is 6. The van der Waals surface area contributed by atoms with Crippen LogP contribution in [0.1, 0.15) is 107 Å². The Morgan fingerprint density at radius 3 is 1.23 bits per heavy atom. The molecule has 3 atom stereocenters. The number of imide groups is 1. The molecule has 3 unspecified atom stereocenters. The molecule has 0 saturated carbocycles. The SMILES string of the molecule is CC(=O)Cl.CC(=O)c1csc2ccc(Cl)cc12.CC(C)(C)O.CCC(=O)C(OC(N)=O)c1csc2ccc(Cl)cc12.CN.CNC(=O)C(O)c1csc2ccc(Cl)cc12.CNC(=O)C(OC(=O)NC(=O)C(Cl)(Cl)Cl)c1csc2ccc(Cl)cc12.Clc1ccc2sccc2c1.O=C(O)C(=O)c1csc2ccc(Cl)cc12.O=CO[O-].O=[Se]=O.[B].[Cl][Al]([Cl])[Cl].[H-].[H-].[K+].[K+].[Na+]. The summed E-state index contributed by atoms with van der Waals surface area (Å²) in [6, 6.07) is 34.6. The maximum absolute atomic E-state index is 12.1. The van der Waals surface area contributed by atoms with Crippen molar-refractivity contribution in [1.29, 1.82) is 0 Å². The summed E-state index contributed by atoms with van der Waals surface area (Å²) in [5, 5.41) is 60.9. The van der Waals surface area contributed by atoms with Crippen LogP contribution in [0.5, 0.6) is 0 Å². The van der Waals surface area contributed by atoms with Crippen molar-refractivity contribution in [3.05, 3.63) is 205 Å². The number of ether oxygens (including phenoxy) is 2. The Balaban J connectivity index is -0.000000328. The third-order valence-electron chi connectivity index (χ3n) is 13.5. The summed E-state index contributed by atoms with van der Waals surface area (Å²) in [5.74, 6) is -4.67. The molecule has 0 aliphatic heterocycles. The second-order valence-corrected chi connectivity index (χ2v) is 40.7. The summed E-state index contributed by atoms with van der Waals surface area (Å²) in [6.45, 7) is 9.62. The second-order valence-electron chi connectivity index (χ2n) is 23.0. The zero-order valence-corrected chi connectivity index (χ0v) is 92.7. The number of alkyl halides is 3. The van der Waals surface area contributed by atoms with E-state index < -0.39 is 95.6 Å². The number of primary amides is 1. The number of ketones is 3. The van der Waals surface area contributed by atoms with E-state index in [0.29, 0.717) is 52.6 Å². The Labute approximate surface area is 920 Å². The van der Waals surface area contributed by atoms with Crippen molar-refractivity contribution in [3.8, 4) is 0 Å². The quantitative estimate of drug-likeness (QED) is 0.00777. The Morgan fingerprint density at radius 2 is 0.887 bits per heavy atom. The van der Waals surface area contributed by atoms with Crippen molar-refractivity contribution in [2.75, 3.05) is 21.1 Å². The van der Waals surface area contributed by atoms with Gasteiger partial charge in [0.2, 0.25) is 11.3 Å². The van der Waals surface area contributed by atoms with Crippen LogP contribution in [0.4, 0.5) is 9.59 Å². The molecule has 0 aliphatic rings. The zero-order valence-electron chi connectivity index (χ0n) is 68.8. The maximum atomic E-state index is 12.1. The predicted molar refractivity (Wildman–Crippen MR) is 497 cm³/mol. The molecule has 12 aromatic rings. The predicted octanol–water partition coefficient (Wildman–Crippen LogP) is 11.6. The average Bonchev–Trinajstić information content (AvgIpc) is 1.66. The summed E-state index contributed by atoms with van der Waals surface area (Å²) >= 11 is 61.5. The summed E-state index contributed by atoms with van der Waals surface area (Å²) in [6.07, 6.45) is -5.36. The smallest absolute Gasteiger partial charge is 1.00 e. The summed E-state index contributed by atoms with van der Waals surface area (Å²) < 4.78 is 30.6. The number of carboxylic acid groups (broad SMARTS) is 1. The van der Waals surface area contributed by atoms with Gasteiger partial charge in [0, 0.05) is 160 Å². The number of amides is 5. The molecule has 12 rings (SSSR count). The number of aliphatic hydroxyl groups excluding tert-OH is 1. The molecular weight excluding hydrogens is 2150 g/mol. The van der Waals surface area contributed by atoms with E-state index in [2.05, 4.69) is 44.3 Å². The first kappa shape index (κ1) is 129. The van der Waals surface area contributed by atoms with Gasteiger partial charge in [-0.2, -0.15) is 0 Å². The number of aliphatic hydroxyl groups is 2. The Hall–Kier alpha value is -1.55. The Kier molecular flexibility index (Phi) is 70.2. The minimum Gasteiger partial charge on any atom is -1.00 e. The standard InChI is InChI=1S/C14H10Cl4N2O4S.C13H12ClNO3S.C11H10ClNO2S.C10H5ClO3S.C10H7ClOS.C8H5ClS.C4H10O.C2H3ClO.CH5N.CH2O3.Al.B.3ClH.2K.Na.O2Se.2H/c1-19-11(21)10(24-13(23)20-12(22)14(16,17)18)8-5-25-9-3-2-6(15)4-7(8)9;1-2-10(16)12(18-13(15)17)9-6-19-11-4-3-7(14)5-8(9)11;1-13-11(15)10(14)8-5-16-9-3-2-6(12)4-7(8)9;11-5-1-2-8-6(3-5)7(4-15-8)9(12)10(13)14;1-6(12)9-5-13-10-3-2-7(11)4-8(9)10;9-7-1-2-8-6(5-7)3-4-10-8;1-4(2,3)5;1-2(3)4;1-2;2-1-4-3;;;;;;;;;1-3-2;;/h2-5,10H,1H3,(H,19,21)(H,20,22,23);3-6,12H,2H2,1H3,(H2,15,17);2-5,10,14H,1H3,(H,13,15);1-4H,(H,13,14);2-5H,1H3;1-5H;5H,1-3H3;1H3;2H2,1H3;1,3H;;;3*1H;;;;;;/q;;;;;;;;;;+3;;;;;3*+1;;2*-1/p-4. The summed E-state index contributed by atoms with van der Waals surface area (Å²) in [4.78, 5) is 123. The number of nitrogens with one attached hydrogen (secondary N) is 3. The molecule has 0 spiro atoms. The number of aliphatic carboxylic acids is 1. The van der Waals surface area contributed by atoms with E-state index in [0.717, 1.165) is 50.2 Å². The van der Waals surface area contributed by atoms with Gasteiger partial charge in [0.15, 0.2) is 23.8 Å². The van der Waals surface area contributed by atoms with Crippen molar-refractivity contribution in [3.63, 3.8) is 0 Å². The van der Waals surface area contributed by atoms with E-state index in [4.69, 9.17) is 178 Å². The number of nitrogens with two attached hydrogens (primary N) is 2. The van der Waals surface area contributed by atoms with Crippen LogP contribution in [0.3, 0.4) is 0 Å².